The Balaban J connectivity index is 2.55. The van der Waals surface area contributed by atoms with Crippen LogP contribution >= 0.6 is 0 Å². The summed E-state index contributed by atoms with van der Waals surface area (Å²) in [6.45, 7) is 3.89. The number of nitrogens with one attached hydrogen (secondary N) is 1. The van der Waals surface area contributed by atoms with Crippen molar-refractivity contribution in [3.8, 4) is 0 Å². The summed E-state index contributed by atoms with van der Waals surface area (Å²) in [5.41, 5.74) is 1.94. The van der Waals surface area contributed by atoms with Gasteiger partial charge in [0.15, 0.2) is 0 Å². The Hall–Kier alpha value is -1.84. The molecule has 0 radical (unpaired) electrons. The van der Waals surface area contributed by atoms with Crippen LogP contribution in [0.15, 0.2) is 18.2 Å². The van der Waals surface area contributed by atoms with Crippen LogP contribution < -0.4 is 0 Å². The number of fused-ring (bicyclic) bond motifs is 1. The third-order valence-corrected chi connectivity index (χ3v) is 3.00. The summed E-state index contributed by atoms with van der Waals surface area (Å²) in [5.74, 6) is -0.219. The monoisotopic (exact) mass is 248 g/mol. The van der Waals surface area contributed by atoms with Gasteiger partial charge in [0.2, 0.25) is 0 Å². The molecule has 0 aliphatic heterocycles. The van der Waals surface area contributed by atoms with Gasteiger partial charge >= 0.3 is 0 Å². The number of amides is 1. The van der Waals surface area contributed by atoms with Gasteiger partial charge in [0, 0.05) is 25.0 Å². The number of aromatic nitrogens is 1. The summed E-state index contributed by atoms with van der Waals surface area (Å²) >= 11 is 0. The van der Waals surface area contributed by atoms with E-state index in [4.69, 9.17) is 0 Å². The summed E-state index contributed by atoms with van der Waals surface area (Å²) in [5, 5.41) is 0.724. The summed E-state index contributed by atoms with van der Waals surface area (Å²) in [7, 11) is 3.38. The van der Waals surface area contributed by atoms with Crippen LogP contribution in [-0.4, -0.2) is 29.9 Å². The molecule has 0 atom stereocenters. The molecule has 0 spiro atoms. The molecule has 0 unspecified atom stereocenters. The number of halogens is 1. The maximum atomic E-state index is 13.8. The average Bonchev–Trinajstić information content (AvgIpc) is 2.68. The average molecular weight is 248 g/mol. The second kappa shape index (κ2) is 4.44. The first-order valence-corrected chi connectivity index (χ1v) is 5.94. The number of benzene rings is 1. The molecule has 4 heteroatoms. The number of carbonyl (C=O) groups excluding carboxylic acids is 1. The third-order valence-electron chi connectivity index (χ3n) is 3.00. The van der Waals surface area contributed by atoms with E-state index in [1.165, 1.54) is 11.0 Å². The van der Waals surface area contributed by atoms with Gasteiger partial charge in [0.25, 0.3) is 5.91 Å². The summed E-state index contributed by atoms with van der Waals surface area (Å²) in [6.07, 6.45) is 0. The Kier molecular flexibility index (Phi) is 3.11. The molecule has 0 saturated heterocycles. The second-order valence-electron chi connectivity index (χ2n) is 5.00. The van der Waals surface area contributed by atoms with Gasteiger partial charge in [0.05, 0.1) is 0 Å². The smallest absolute Gasteiger partial charge is 0.269 e. The first kappa shape index (κ1) is 12.6. The molecular formula is C14H17FN2O. The van der Waals surface area contributed by atoms with Gasteiger partial charge < -0.3 is 9.88 Å². The van der Waals surface area contributed by atoms with E-state index in [-0.39, 0.29) is 17.6 Å². The molecule has 1 amide bonds. The first-order valence-electron chi connectivity index (χ1n) is 5.94. The lowest BCUT2D eigenvalue weighted by Gasteiger charge is -2.07. The number of carbonyl (C=O) groups is 1. The summed E-state index contributed by atoms with van der Waals surface area (Å²) < 4.78 is 13.8. The lowest BCUT2D eigenvalue weighted by molar-refractivity contribution is 0.0823. The SMILES string of the molecule is CC(C)c1cc2[nH]c(C(=O)N(C)C)cc2cc1F. The summed E-state index contributed by atoms with van der Waals surface area (Å²) in [4.78, 5) is 16.4. The van der Waals surface area contributed by atoms with Crippen LogP contribution in [0.5, 0.6) is 0 Å². The zero-order valence-electron chi connectivity index (χ0n) is 11.0. The quantitative estimate of drug-likeness (QED) is 0.870. The fourth-order valence-electron chi connectivity index (χ4n) is 1.97. The van der Waals surface area contributed by atoms with Gasteiger partial charge in [-0.1, -0.05) is 13.8 Å². The largest absolute Gasteiger partial charge is 0.351 e. The highest BCUT2D eigenvalue weighted by Gasteiger charge is 2.14. The predicted molar refractivity (Wildman–Crippen MR) is 70.4 cm³/mol. The molecule has 1 heterocycles. The van der Waals surface area contributed by atoms with Crippen molar-refractivity contribution in [3.05, 3.63) is 35.3 Å². The van der Waals surface area contributed by atoms with E-state index in [9.17, 15) is 9.18 Å². The van der Waals surface area contributed by atoms with Crippen molar-refractivity contribution in [1.82, 2.24) is 9.88 Å². The topological polar surface area (TPSA) is 36.1 Å². The van der Waals surface area contributed by atoms with Gasteiger partial charge in [-0.25, -0.2) is 4.39 Å². The Morgan fingerprint density at radius 2 is 1.94 bits per heavy atom. The van der Waals surface area contributed by atoms with Gasteiger partial charge in [0.1, 0.15) is 11.5 Å². The number of hydrogen-bond acceptors (Lipinski definition) is 1. The lowest BCUT2D eigenvalue weighted by Crippen LogP contribution is -2.21. The molecule has 0 saturated carbocycles. The summed E-state index contributed by atoms with van der Waals surface area (Å²) in [6, 6.07) is 4.94. The van der Waals surface area contributed by atoms with E-state index < -0.39 is 0 Å². The maximum absolute atomic E-state index is 13.8. The normalized spacial score (nSPS) is 11.2. The number of rotatable bonds is 2. The maximum Gasteiger partial charge on any atom is 0.269 e. The molecule has 0 bridgehead atoms. The molecule has 1 aromatic heterocycles. The number of H-pyrrole nitrogens is 1. The Morgan fingerprint density at radius 3 is 2.50 bits per heavy atom. The predicted octanol–water partition coefficient (Wildman–Crippen LogP) is 3.13. The zero-order valence-corrected chi connectivity index (χ0v) is 11.0. The van der Waals surface area contributed by atoms with Gasteiger partial charge in [-0.3, -0.25) is 4.79 Å². The van der Waals surface area contributed by atoms with Gasteiger partial charge in [-0.05, 0) is 29.7 Å². The molecule has 0 fully saturated rings. The minimum atomic E-state index is -0.222. The van der Waals surface area contributed by atoms with Crippen LogP contribution in [0.1, 0.15) is 35.8 Å². The van der Waals surface area contributed by atoms with Crippen molar-refractivity contribution in [2.75, 3.05) is 14.1 Å². The molecule has 96 valence electrons. The molecule has 1 aromatic carbocycles. The molecule has 3 nitrogen and oxygen atoms in total. The van der Waals surface area contributed by atoms with Crippen molar-refractivity contribution >= 4 is 16.8 Å². The van der Waals surface area contributed by atoms with E-state index in [0.29, 0.717) is 11.3 Å². The fraction of sp³-hybridized carbons (Fsp3) is 0.357. The minimum absolute atomic E-state index is 0.113. The van der Waals surface area contributed by atoms with Crippen LogP contribution in [-0.2, 0) is 0 Å². The van der Waals surface area contributed by atoms with Crippen molar-refractivity contribution in [2.45, 2.75) is 19.8 Å². The fourth-order valence-corrected chi connectivity index (χ4v) is 1.97. The Morgan fingerprint density at radius 1 is 1.28 bits per heavy atom. The van der Waals surface area contributed by atoms with Crippen molar-refractivity contribution in [2.24, 2.45) is 0 Å². The van der Waals surface area contributed by atoms with E-state index in [0.717, 1.165) is 10.9 Å². The van der Waals surface area contributed by atoms with Crippen LogP contribution in [0.3, 0.4) is 0 Å². The number of hydrogen-bond donors (Lipinski definition) is 1. The number of nitrogens with zero attached hydrogens (tertiary/aromatic N) is 1. The van der Waals surface area contributed by atoms with E-state index in [1.54, 1.807) is 26.2 Å². The van der Waals surface area contributed by atoms with Crippen LogP contribution in [0.2, 0.25) is 0 Å². The Bertz CT molecular complexity index is 599. The van der Waals surface area contributed by atoms with Crippen LogP contribution in [0.4, 0.5) is 4.39 Å². The van der Waals surface area contributed by atoms with E-state index in [1.807, 2.05) is 13.8 Å². The standard InChI is InChI=1S/C14H17FN2O/c1-8(2)10-7-12-9(5-11(10)15)6-13(16-12)14(18)17(3)4/h5-8,16H,1-4H3. The highest BCUT2D eigenvalue weighted by atomic mass is 19.1. The zero-order chi connectivity index (χ0) is 13.4. The van der Waals surface area contributed by atoms with E-state index in [2.05, 4.69) is 4.98 Å². The first-order chi connectivity index (χ1) is 8.40. The molecule has 0 aliphatic rings. The van der Waals surface area contributed by atoms with Crippen LogP contribution in [0.25, 0.3) is 10.9 Å². The molecule has 18 heavy (non-hydrogen) atoms. The molecule has 1 N–H and O–H groups in total. The number of aromatic amines is 1. The van der Waals surface area contributed by atoms with Crippen molar-refractivity contribution in [1.29, 1.82) is 0 Å². The highest BCUT2D eigenvalue weighted by Crippen LogP contribution is 2.25. The van der Waals surface area contributed by atoms with E-state index >= 15 is 0 Å². The molecule has 0 aliphatic carbocycles. The molecular weight excluding hydrogens is 231 g/mol. The van der Waals surface area contributed by atoms with Gasteiger partial charge in [-0.2, -0.15) is 0 Å². The van der Waals surface area contributed by atoms with Gasteiger partial charge in [-0.15, -0.1) is 0 Å². The minimum Gasteiger partial charge on any atom is -0.351 e. The van der Waals surface area contributed by atoms with Crippen molar-refractivity contribution in [3.63, 3.8) is 0 Å². The van der Waals surface area contributed by atoms with Crippen molar-refractivity contribution < 1.29 is 9.18 Å². The molecule has 2 aromatic rings. The Labute approximate surface area is 106 Å². The van der Waals surface area contributed by atoms with Crippen LogP contribution in [0, 0.1) is 5.82 Å². The third kappa shape index (κ3) is 2.10. The molecule has 2 rings (SSSR count). The highest BCUT2D eigenvalue weighted by molar-refractivity contribution is 5.97. The second-order valence-corrected chi connectivity index (χ2v) is 5.00. The lowest BCUT2D eigenvalue weighted by atomic mass is 10.0.